The van der Waals surface area contributed by atoms with Crippen LogP contribution in [0, 0.1) is 5.92 Å². The fourth-order valence-corrected chi connectivity index (χ4v) is 6.73. The average Bonchev–Trinajstić information content (AvgIpc) is 3.31. The van der Waals surface area contributed by atoms with Crippen molar-refractivity contribution in [3.63, 3.8) is 0 Å². The summed E-state index contributed by atoms with van der Waals surface area (Å²) in [6.45, 7) is 0.571. The highest BCUT2D eigenvalue weighted by Gasteiger charge is 2.37. The van der Waals surface area contributed by atoms with Crippen LogP contribution in [-0.2, 0) is 19.3 Å². The lowest BCUT2D eigenvalue weighted by Crippen LogP contribution is -2.58. The summed E-state index contributed by atoms with van der Waals surface area (Å²) in [5.41, 5.74) is 0. The van der Waals surface area contributed by atoms with Crippen LogP contribution in [-0.4, -0.2) is 66.9 Å². The lowest BCUT2D eigenvalue weighted by molar-refractivity contribution is -0.142. The van der Waals surface area contributed by atoms with Gasteiger partial charge in [-0.15, -0.1) is 11.3 Å². The maximum atomic E-state index is 13.4. The van der Waals surface area contributed by atoms with E-state index in [-0.39, 0.29) is 24.1 Å². The number of phenolic OH excluding ortho intramolecular Hbond substituents is 1. The number of carbonyl (C=O) groups is 2. The lowest BCUT2D eigenvalue weighted by atomic mass is 9.84. The zero-order chi connectivity index (χ0) is 23.4. The van der Waals surface area contributed by atoms with E-state index in [1.807, 2.05) is 0 Å². The van der Waals surface area contributed by atoms with Gasteiger partial charge in [0.15, 0.2) is 5.13 Å². The second-order valence-electron chi connectivity index (χ2n) is 8.67. The SMILES string of the molecule is C=S(=O)(c1ccc(O)cc1)N1CCN([C@@H](CC2CCCCC2)C(=O)Nc2nccs2)C(=O)C1. The van der Waals surface area contributed by atoms with Crippen molar-refractivity contribution in [1.82, 2.24) is 14.2 Å². The molecule has 33 heavy (non-hydrogen) atoms. The Labute approximate surface area is 198 Å². The Kier molecular flexibility index (Phi) is 7.35. The molecule has 178 valence electrons. The molecule has 2 fully saturated rings. The second-order valence-corrected chi connectivity index (χ2v) is 11.8. The van der Waals surface area contributed by atoms with Gasteiger partial charge in [-0.2, -0.15) is 0 Å². The molecule has 2 atom stereocenters. The Balaban J connectivity index is 1.49. The maximum absolute atomic E-state index is 13.4. The molecule has 2 aliphatic rings. The molecule has 1 saturated carbocycles. The average molecular weight is 491 g/mol. The highest BCUT2D eigenvalue weighted by Crippen LogP contribution is 2.30. The van der Waals surface area contributed by atoms with E-state index in [2.05, 4.69) is 16.2 Å². The topological polar surface area (TPSA) is 103 Å². The van der Waals surface area contributed by atoms with Crippen molar-refractivity contribution in [2.45, 2.75) is 49.5 Å². The first-order valence-corrected chi connectivity index (χ1v) is 13.8. The van der Waals surface area contributed by atoms with Crippen LogP contribution < -0.4 is 5.32 Å². The molecule has 1 aliphatic heterocycles. The number of amides is 2. The van der Waals surface area contributed by atoms with Crippen LogP contribution >= 0.6 is 11.3 Å². The van der Waals surface area contributed by atoms with Gasteiger partial charge in [-0.1, -0.05) is 32.1 Å². The number of hydrogen-bond acceptors (Lipinski definition) is 6. The van der Waals surface area contributed by atoms with Crippen LogP contribution in [0.2, 0.25) is 0 Å². The Bertz CT molecular complexity index is 1060. The molecule has 4 rings (SSSR count). The summed E-state index contributed by atoms with van der Waals surface area (Å²) in [7, 11) is -2.88. The first-order chi connectivity index (χ1) is 15.8. The van der Waals surface area contributed by atoms with E-state index in [0.717, 1.165) is 25.7 Å². The molecule has 8 nitrogen and oxygen atoms in total. The molecule has 1 unspecified atom stereocenters. The number of nitrogens with zero attached hydrogens (tertiary/aromatic N) is 3. The predicted molar refractivity (Wildman–Crippen MR) is 131 cm³/mol. The number of piperazine rings is 1. The summed E-state index contributed by atoms with van der Waals surface area (Å²) in [4.78, 5) is 32.7. The third-order valence-corrected chi connectivity index (χ3v) is 9.31. The smallest absolute Gasteiger partial charge is 0.248 e. The summed E-state index contributed by atoms with van der Waals surface area (Å²) >= 11 is 1.35. The quantitative estimate of drug-likeness (QED) is 0.581. The number of benzene rings is 1. The van der Waals surface area contributed by atoms with Crippen molar-refractivity contribution in [2.24, 2.45) is 5.92 Å². The van der Waals surface area contributed by atoms with Crippen molar-refractivity contribution in [3.05, 3.63) is 35.8 Å². The Morgan fingerprint density at radius 3 is 2.61 bits per heavy atom. The van der Waals surface area contributed by atoms with E-state index in [1.165, 1.54) is 29.9 Å². The van der Waals surface area contributed by atoms with Crippen LogP contribution in [0.3, 0.4) is 0 Å². The monoisotopic (exact) mass is 490 g/mol. The molecule has 0 radical (unpaired) electrons. The summed E-state index contributed by atoms with van der Waals surface area (Å²) in [6.07, 6.45) is 7.94. The normalized spacial score (nSPS) is 20.8. The van der Waals surface area contributed by atoms with Gasteiger partial charge in [0.05, 0.1) is 16.3 Å². The van der Waals surface area contributed by atoms with Crippen molar-refractivity contribution < 1.29 is 18.9 Å². The Morgan fingerprint density at radius 1 is 1.24 bits per heavy atom. The van der Waals surface area contributed by atoms with E-state index in [4.69, 9.17) is 0 Å². The van der Waals surface area contributed by atoms with Crippen molar-refractivity contribution in [3.8, 4) is 5.75 Å². The van der Waals surface area contributed by atoms with Crippen molar-refractivity contribution in [2.75, 3.05) is 25.0 Å². The molecule has 2 amide bonds. The van der Waals surface area contributed by atoms with Crippen LogP contribution in [0.1, 0.15) is 38.5 Å². The van der Waals surface area contributed by atoms with Gasteiger partial charge in [0.1, 0.15) is 11.8 Å². The summed E-state index contributed by atoms with van der Waals surface area (Å²) in [6, 6.07) is 5.47. The first-order valence-electron chi connectivity index (χ1n) is 11.3. The molecule has 0 spiro atoms. The van der Waals surface area contributed by atoms with Gasteiger partial charge in [0.25, 0.3) is 0 Å². The second kappa shape index (κ2) is 10.2. The summed E-state index contributed by atoms with van der Waals surface area (Å²) < 4.78 is 15.0. The molecular weight excluding hydrogens is 460 g/mol. The molecule has 2 N–H and O–H groups in total. The molecule has 1 saturated heterocycles. The van der Waals surface area contributed by atoms with Crippen LogP contribution in [0.4, 0.5) is 5.13 Å². The lowest BCUT2D eigenvalue weighted by Gasteiger charge is -2.40. The number of carbonyl (C=O) groups excluding carboxylic acids is 2. The van der Waals surface area contributed by atoms with Gasteiger partial charge in [0.2, 0.25) is 11.8 Å². The molecule has 2 heterocycles. The third kappa shape index (κ3) is 5.56. The fraction of sp³-hybridized carbons (Fsp3) is 0.478. The standard InChI is InChI=1S/C23H30N4O4S2/c1-33(31,19-9-7-18(28)8-10-19)26-12-13-27(21(29)16-26)20(15-17-5-3-2-4-6-17)22(30)25-23-24-11-14-32-23/h7-11,14,17,20,28H,1-6,12-13,15-16H2,(H,24,25,30)/t20-,33?/m0/s1. The molecule has 10 heteroatoms. The molecule has 1 aliphatic carbocycles. The number of aromatic hydroxyl groups is 1. The molecule has 1 aromatic carbocycles. The van der Waals surface area contributed by atoms with Gasteiger partial charge < -0.3 is 15.3 Å². The zero-order valence-electron chi connectivity index (χ0n) is 18.5. The third-order valence-electron chi connectivity index (χ3n) is 6.47. The first kappa shape index (κ1) is 23.7. The number of nitrogens with one attached hydrogen (secondary N) is 1. The summed E-state index contributed by atoms with van der Waals surface area (Å²) in [5, 5.41) is 14.7. The minimum Gasteiger partial charge on any atom is -0.508 e. The number of phenols is 1. The number of aromatic nitrogens is 1. The minimum absolute atomic E-state index is 0.0745. The molecular formula is C23H30N4O4S2. The molecule has 2 aromatic rings. The summed E-state index contributed by atoms with van der Waals surface area (Å²) in [5.74, 6) is 3.93. The van der Waals surface area contributed by atoms with Crippen molar-refractivity contribution >= 4 is 43.9 Å². The minimum atomic E-state index is -2.88. The van der Waals surface area contributed by atoms with E-state index in [9.17, 15) is 18.9 Å². The van der Waals surface area contributed by atoms with Crippen LogP contribution in [0.5, 0.6) is 5.75 Å². The molecule has 1 aromatic heterocycles. The maximum Gasteiger partial charge on any atom is 0.248 e. The van der Waals surface area contributed by atoms with Crippen LogP contribution in [0.15, 0.2) is 40.7 Å². The largest absolute Gasteiger partial charge is 0.508 e. The van der Waals surface area contributed by atoms with E-state index in [1.54, 1.807) is 32.9 Å². The Hall–Kier alpha value is -2.43. The number of hydrogen-bond donors (Lipinski definition) is 2. The van der Waals surface area contributed by atoms with E-state index in [0.29, 0.717) is 35.5 Å². The van der Waals surface area contributed by atoms with Gasteiger partial charge in [-0.3, -0.25) is 9.59 Å². The Morgan fingerprint density at radius 2 is 1.97 bits per heavy atom. The fourth-order valence-electron chi connectivity index (χ4n) is 4.64. The van der Waals surface area contributed by atoms with Crippen LogP contribution in [0.25, 0.3) is 0 Å². The van der Waals surface area contributed by atoms with E-state index < -0.39 is 15.7 Å². The van der Waals surface area contributed by atoms with Gasteiger partial charge in [0, 0.05) is 29.6 Å². The number of anilines is 1. The molecule has 0 bridgehead atoms. The van der Waals surface area contributed by atoms with Gasteiger partial charge in [-0.05, 0) is 42.5 Å². The van der Waals surface area contributed by atoms with E-state index >= 15 is 0 Å². The zero-order valence-corrected chi connectivity index (χ0v) is 20.2. The number of rotatable bonds is 7. The highest BCUT2D eigenvalue weighted by atomic mass is 32.2. The number of thiazole rings is 1. The van der Waals surface area contributed by atoms with Crippen molar-refractivity contribution in [1.29, 1.82) is 0 Å². The van der Waals surface area contributed by atoms with Gasteiger partial charge in [-0.25, -0.2) is 13.5 Å². The van der Waals surface area contributed by atoms with Gasteiger partial charge >= 0.3 is 0 Å². The predicted octanol–water partition coefficient (Wildman–Crippen LogP) is 2.96. The highest BCUT2D eigenvalue weighted by molar-refractivity contribution is 7.98.